The monoisotopic (exact) mass is 310 g/mol. The Hall–Kier alpha value is -2.62. The minimum Gasteiger partial charge on any atom is -0.351 e. The number of aromatic nitrogens is 1. The summed E-state index contributed by atoms with van der Waals surface area (Å²) in [6.07, 6.45) is 1.81. The van der Waals surface area contributed by atoms with Gasteiger partial charge in [-0.25, -0.2) is 4.39 Å². The maximum Gasteiger partial charge on any atom is 0.268 e. The van der Waals surface area contributed by atoms with Crippen molar-refractivity contribution in [2.24, 2.45) is 0 Å². The second kappa shape index (κ2) is 6.65. The van der Waals surface area contributed by atoms with Crippen molar-refractivity contribution >= 4 is 16.8 Å². The Bertz CT molecular complexity index is 824. The average Bonchev–Trinajstić information content (AvgIpc) is 2.89. The molecule has 0 atom stereocenters. The number of amides is 1. The molecule has 0 fully saturated rings. The van der Waals surface area contributed by atoms with E-state index in [2.05, 4.69) is 22.4 Å². The van der Waals surface area contributed by atoms with Crippen LogP contribution in [0.15, 0.2) is 48.5 Å². The van der Waals surface area contributed by atoms with Gasteiger partial charge < -0.3 is 10.3 Å². The van der Waals surface area contributed by atoms with Crippen LogP contribution < -0.4 is 5.32 Å². The third kappa shape index (κ3) is 3.42. The Morgan fingerprint density at radius 2 is 1.96 bits per heavy atom. The quantitative estimate of drug-likeness (QED) is 0.688. The molecule has 0 spiro atoms. The lowest BCUT2D eigenvalue weighted by Crippen LogP contribution is -2.25. The Balaban J connectivity index is 1.61. The number of aryl methyl sites for hydroxylation is 2. The van der Waals surface area contributed by atoms with E-state index in [0.29, 0.717) is 12.2 Å². The summed E-state index contributed by atoms with van der Waals surface area (Å²) in [5.74, 6) is -0.443. The molecule has 118 valence electrons. The van der Waals surface area contributed by atoms with Gasteiger partial charge in [-0.05, 0) is 49.1 Å². The molecule has 0 unspecified atom stereocenters. The van der Waals surface area contributed by atoms with E-state index in [0.717, 1.165) is 29.3 Å². The van der Waals surface area contributed by atoms with Gasteiger partial charge in [-0.2, -0.15) is 0 Å². The molecule has 0 saturated carbocycles. The van der Waals surface area contributed by atoms with Gasteiger partial charge in [-0.15, -0.1) is 0 Å². The molecule has 23 heavy (non-hydrogen) atoms. The lowest BCUT2D eigenvalue weighted by atomic mass is 10.1. The molecule has 3 rings (SSSR count). The Morgan fingerprint density at radius 1 is 1.17 bits per heavy atom. The van der Waals surface area contributed by atoms with E-state index in [9.17, 15) is 9.18 Å². The molecular weight excluding hydrogens is 291 g/mol. The van der Waals surface area contributed by atoms with Crippen LogP contribution in [0.3, 0.4) is 0 Å². The molecule has 0 aliphatic rings. The third-order valence-electron chi connectivity index (χ3n) is 4.02. The van der Waals surface area contributed by atoms with Gasteiger partial charge in [0, 0.05) is 17.4 Å². The van der Waals surface area contributed by atoms with Gasteiger partial charge in [0.2, 0.25) is 0 Å². The number of carbonyl (C=O) groups excluding carboxylic acids is 1. The second-order valence-corrected chi connectivity index (χ2v) is 5.66. The van der Waals surface area contributed by atoms with Crippen LogP contribution in [0.25, 0.3) is 10.9 Å². The lowest BCUT2D eigenvalue weighted by molar-refractivity contribution is 0.0948. The van der Waals surface area contributed by atoms with Crippen LogP contribution in [0, 0.1) is 12.7 Å². The summed E-state index contributed by atoms with van der Waals surface area (Å²) in [6, 6.07) is 14.7. The molecule has 1 heterocycles. The number of hydrogen-bond acceptors (Lipinski definition) is 1. The van der Waals surface area contributed by atoms with Crippen molar-refractivity contribution in [1.82, 2.24) is 10.3 Å². The first-order valence-corrected chi connectivity index (χ1v) is 7.75. The average molecular weight is 310 g/mol. The highest BCUT2D eigenvalue weighted by atomic mass is 19.1. The lowest BCUT2D eigenvalue weighted by Gasteiger charge is -2.05. The van der Waals surface area contributed by atoms with Crippen molar-refractivity contribution in [3.8, 4) is 0 Å². The SMILES string of the molecule is Cc1c(C(=O)NCCCc2ccccc2)[nH]c2ccc(F)cc12. The molecule has 3 nitrogen and oxygen atoms in total. The van der Waals surface area contributed by atoms with E-state index in [4.69, 9.17) is 0 Å². The van der Waals surface area contributed by atoms with Gasteiger partial charge in [0.25, 0.3) is 5.91 Å². The number of rotatable bonds is 5. The van der Waals surface area contributed by atoms with Crippen LogP contribution >= 0.6 is 0 Å². The molecular formula is C19H19FN2O. The highest BCUT2D eigenvalue weighted by Crippen LogP contribution is 2.22. The fourth-order valence-corrected chi connectivity index (χ4v) is 2.75. The predicted molar refractivity (Wildman–Crippen MR) is 90.1 cm³/mol. The molecule has 4 heteroatoms. The number of fused-ring (bicyclic) bond motifs is 1. The predicted octanol–water partition coefficient (Wildman–Crippen LogP) is 3.98. The number of benzene rings is 2. The molecule has 1 aromatic heterocycles. The zero-order valence-electron chi connectivity index (χ0n) is 13.0. The maximum absolute atomic E-state index is 13.3. The fourth-order valence-electron chi connectivity index (χ4n) is 2.75. The van der Waals surface area contributed by atoms with Gasteiger partial charge in [0.1, 0.15) is 11.5 Å². The molecule has 2 N–H and O–H groups in total. The molecule has 0 radical (unpaired) electrons. The maximum atomic E-state index is 13.3. The van der Waals surface area contributed by atoms with Crippen molar-refractivity contribution in [3.05, 3.63) is 71.2 Å². The molecule has 3 aromatic rings. The minimum atomic E-state index is -0.297. The van der Waals surface area contributed by atoms with E-state index < -0.39 is 0 Å². The van der Waals surface area contributed by atoms with E-state index >= 15 is 0 Å². The molecule has 0 aliphatic heterocycles. The van der Waals surface area contributed by atoms with E-state index in [1.165, 1.54) is 17.7 Å². The van der Waals surface area contributed by atoms with E-state index in [1.54, 1.807) is 6.07 Å². The van der Waals surface area contributed by atoms with Crippen molar-refractivity contribution in [2.45, 2.75) is 19.8 Å². The Labute approximate surface area is 134 Å². The number of hydrogen-bond donors (Lipinski definition) is 2. The summed E-state index contributed by atoms with van der Waals surface area (Å²) in [4.78, 5) is 15.4. The van der Waals surface area contributed by atoms with Gasteiger partial charge in [-0.1, -0.05) is 30.3 Å². The summed E-state index contributed by atoms with van der Waals surface area (Å²) < 4.78 is 13.3. The highest BCUT2D eigenvalue weighted by molar-refractivity contribution is 6.00. The highest BCUT2D eigenvalue weighted by Gasteiger charge is 2.14. The topological polar surface area (TPSA) is 44.9 Å². The normalized spacial score (nSPS) is 10.9. The number of carbonyl (C=O) groups is 1. The summed E-state index contributed by atoms with van der Waals surface area (Å²) in [5.41, 5.74) is 3.32. The zero-order valence-corrected chi connectivity index (χ0v) is 13.0. The standard InChI is InChI=1S/C19H19FN2O/c1-13-16-12-15(20)9-10-17(16)22-18(13)19(23)21-11-5-8-14-6-3-2-4-7-14/h2-4,6-7,9-10,12,22H,5,8,11H2,1H3,(H,21,23). The first-order valence-electron chi connectivity index (χ1n) is 7.75. The summed E-state index contributed by atoms with van der Waals surface area (Å²) in [6.45, 7) is 2.44. The Morgan fingerprint density at radius 3 is 2.74 bits per heavy atom. The number of H-pyrrole nitrogens is 1. The van der Waals surface area contributed by atoms with E-state index in [1.807, 2.05) is 25.1 Å². The minimum absolute atomic E-state index is 0.146. The largest absolute Gasteiger partial charge is 0.351 e. The smallest absolute Gasteiger partial charge is 0.268 e. The first-order chi connectivity index (χ1) is 11.1. The summed E-state index contributed by atoms with van der Waals surface area (Å²) in [7, 11) is 0. The number of nitrogens with one attached hydrogen (secondary N) is 2. The Kier molecular flexibility index (Phi) is 4.42. The number of aromatic amines is 1. The van der Waals surface area contributed by atoms with Crippen LogP contribution in [-0.4, -0.2) is 17.4 Å². The van der Waals surface area contributed by atoms with Crippen LogP contribution in [0.4, 0.5) is 4.39 Å². The van der Waals surface area contributed by atoms with Crippen LogP contribution in [0.2, 0.25) is 0 Å². The molecule has 2 aromatic carbocycles. The van der Waals surface area contributed by atoms with Crippen molar-refractivity contribution in [2.75, 3.05) is 6.54 Å². The third-order valence-corrected chi connectivity index (χ3v) is 4.02. The molecule has 0 saturated heterocycles. The van der Waals surface area contributed by atoms with Crippen molar-refractivity contribution in [3.63, 3.8) is 0 Å². The zero-order chi connectivity index (χ0) is 16.2. The molecule has 0 aliphatic carbocycles. The first kappa shape index (κ1) is 15.3. The second-order valence-electron chi connectivity index (χ2n) is 5.66. The van der Waals surface area contributed by atoms with Crippen LogP contribution in [0.1, 0.15) is 28.0 Å². The van der Waals surface area contributed by atoms with Gasteiger partial charge in [0.05, 0.1) is 0 Å². The van der Waals surface area contributed by atoms with Crippen molar-refractivity contribution in [1.29, 1.82) is 0 Å². The van der Waals surface area contributed by atoms with Crippen LogP contribution in [0.5, 0.6) is 0 Å². The van der Waals surface area contributed by atoms with Crippen molar-refractivity contribution < 1.29 is 9.18 Å². The van der Waals surface area contributed by atoms with Gasteiger partial charge in [0.15, 0.2) is 0 Å². The summed E-state index contributed by atoms with van der Waals surface area (Å²) >= 11 is 0. The van der Waals surface area contributed by atoms with Gasteiger partial charge in [-0.3, -0.25) is 4.79 Å². The van der Waals surface area contributed by atoms with Crippen LogP contribution in [-0.2, 0) is 6.42 Å². The van der Waals surface area contributed by atoms with E-state index in [-0.39, 0.29) is 11.7 Å². The summed E-state index contributed by atoms with van der Waals surface area (Å²) in [5, 5.41) is 3.67. The molecule has 1 amide bonds. The fraction of sp³-hybridized carbons (Fsp3) is 0.211. The van der Waals surface area contributed by atoms with Gasteiger partial charge >= 0.3 is 0 Å². The number of halogens is 1. The molecule has 0 bridgehead atoms.